The topological polar surface area (TPSA) is 106 Å². The summed E-state index contributed by atoms with van der Waals surface area (Å²) in [4.78, 5) is 4.24. The molecule has 0 aromatic heterocycles. The maximum Gasteiger partial charge on any atom is 0.215 e. The molecule has 0 aliphatic heterocycles. The van der Waals surface area contributed by atoms with E-state index in [4.69, 9.17) is 10.5 Å². The van der Waals surface area contributed by atoms with Gasteiger partial charge in [-0.05, 0) is 31.5 Å². The van der Waals surface area contributed by atoms with Crippen LogP contribution < -0.4 is 15.8 Å². The molecule has 0 spiro atoms. The van der Waals surface area contributed by atoms with Gasteiger partial charge in [0, 0.05) is 19.8 Å². The number of nitrogens with zero attached hydrogens (tertiary/aromatic N) is 1. The zero-order chi connectivity index (χ0) is 17.1. The maximum atomic E-state index is 11.5. The van der Waals surface area contributed by atoms with Gasteiger partial charge in [0.2, 0.25) is 10.0 Å². The fourth-order valence-corrected chi connectivity index (χ4v) is 2.58. The van der Waals surface area contributed by atoms with Gasteiger partial charge in [0.15, 0.2) is 5.96 Å². The van der Waals surface area contributed by atoms with Gasteiger partial charge in [0.1, 0.15) is 0 Å². The predicted octanol–water partition coefficient (Wildman–Crippen LogP) is 1.18. The highest BCUT2D eigenvalue weighted by atomic mass is 127. The van der Waals surface area contributed by atoms with Crippen molar-refractivity contribution in [3.63, 3.8) is 0 Å². The summed E-state index contributed by atoms with van der Waals surface area (Å²) < 4.78 is 30.5. The normalized spacial score (nSPS) is 11.8. The number of guanidine groups is 1. The number of nitrogens with one attached hydrogen (secondary N) is 2. The summed E-state index contributed by atoms with van der Waals surface area (Å²) in [7, 11) is -1.84. The zero-order valence-corrected chi connectivity index (χ0v) is 17.3. The molecule has 1 rings (SSSR count). The minimum Gasteiger partial charge on any atom is -0.382 e. The molecule has 9 heteroatoms. The van der Waals surface area contributed by atoms with E-state index < -0.39 is 10.0 Å². The third kappa shape index (κ3) is 10.1. The first kappa shape index (κ1) is 23.1. The van der Waals surface area contributed by atoms with Crippen molar-refractivity contribution in [1.82, 2.24) is 10.0 Å². The quantitative estimate of drug-likeness (QED) is 0.206. The Balaban J connectivity index is 0.00000529. The second-order valence-corrected chi connectivity index (χ2v) is 6.88. The van der Waals surface area contributed by atoms with Crippen molar-refractivity contribution in [2.75, 3.05) is 26.8 Å². The zero-order valence-electron chi connectivity index (χ0n) is 14.1. The fraction of sp³-hybridized carbons (Fsp3) is 0.533. The first-order valence-electron chi connectivity index (χ1n) is 7.57. The molecular formula is C15H27IN4O3S. The second kappa shape index (κ2) is 12.5. The summed E-state index contributed by atoms with van der Waals surface area (Å²) in [5.74, 6) is 0.361. The van der Waals surface area contributed by atoms with Gasteiger partial charge in [0.05, 0.1) is 12.3 Å². The largest absolute Gasteiger partial charge is 0.382 e. The van der Waals surface area contributed by atoms with E-state index in [0.29, 0.717) is 19.1 Å². The Morgan fingerprint density at radius 3 is 2.46 bits per heavy atom. The lowest BCUT2D eigenvalue weighted by molar-refractivity contribution is 0.145. The van der Waals surface area contributed by atoms with Gasteiger partial charge >= 0.3 is 0 Å². The minimum atomic E-state index is -3.25. The van der Waals surface area contributed by atoms with Crippen LogP contribution >= 0.6 is 24.0 Å². The highest BCUT2D eigenvalue weighted by Crippen LogP contribution is 2.08. The van der Waals surface area contributed by atoms with E-state index in [-0.39, 0.29) is 29.7 Å². The van der Waals surface area contributed by atoms with Crippen LogP contribution in [-0.4, -0.2) is 41.2 Å². The van der Waals surface area contributed by atoms with Crippen LogP contribution in [0.1, 0.15) is 24.5 Å². The van der Waals surface area contributed by atoms with Gasteiger partial charge in [-0.15, -0.1) is 24.0 Å². The van der Waals surface area contributed by atoms with Gasteiger partial charge in [-0.1, -0.05) is 24.3 Å². The van der Waals surface area contributed by atoms with E-state index in [9.17, 15) is 8.42 Å². The Labute approximate surface area is 161 Å². The third-order valence-corrected chi connectivity index (χ3v) is 4.43. The average Bonchev–Trinajstić information content (AvgIpc) is 2.54. The van der Waals surface area contributed by atoms with Crippen LogP contribution in [0.5, 0.6) is 0 Å². The molecule has 0 atom stereocenters. The fourth-order valence-electron chi connectivity index (χ4n) is 1.80. The SMILES string of the molecule is CCOCCCNC(N)=NCc1ccc(CS(=O)(=O)NC)cc1.I. The van der Waals surface area contributed by atoms with Crippen molar-refractivity contribution in [2.24, 2.45) is 10.7 Å². The van der Waals surface area contributed by atoms with Gasteiger partial charge in [-0.25, -0.2) is 18.1 Å². The van der Waals surface area contributed by atoms with Crippen LogP contribution in [0.2, 0.25) is 0 Å². The molecule has 0 saturated carbocycles. The van der Waals surface area contributed by atoms with Crippen molar-refractivity contribution in [3.05, 3.63) is 35.4 Å². The summed E-state index contributed by atoms with van der Waals surface area (Å²) in [5, 5.41) is 3.02. The molecule has 0 amide bonds. The summed E-state index contributed by atoms with van der Waals surface area (Å²) in [6.07, 6.45) is 0.874. The smallest absolute Gasteiger partial charge is 0.215 e. The Morgan fingerprint density at radius 2 is 1.88 bits per heavy atom. The highest BCUT2D eigenvalue weighted by Gasteiger charge is 2.07. The van der Waals surface area contributed by atoms with Crippen molar-refractivity contribution < 1.29 is 13.2 Å². The number of rotatable bonds is 10. The van der Waals surface area contributed by atoms with E-state index in [1.54, 1.807) is 12.1 Å². The number of hydrogen-bond donors (Lipinski definition) is 3. The predicted molar refractivity (Wildman–Crippen MR) is 108 cm³/mol. The van der Waals surface area contributed by atoms with Crippen molar-refractivity contribution in [3.8, 4) is 0 Å². The van der Waals surface area contributed by atoms with E-state index in [1.807, 2.05) is 19.1 Å². The van der Waals surface area contributed by atoms with Crippen LogP contribution in [0.3, 0.4) is 0 Å². The molecule has 0 bridgehead atoms. The van der Waals surface area contributed by atoms with Crippen LogP contribution in [0.25, 0.3) is 0 Å². The maximum absolute atomic E-state index is 11.5. The van der Waals surface area contributed by atoms with E-state index in [0.717, 1.165) is 30.7 Å². The Kier molecular flexibility index (Phi) is 12.0. The molecule has 0 fully saturated rings. The number of aliphatic imine (C=N–C) groups is 1. The van der Waals surface area contributed by atoms with Gasteiger partial charge in [-0.2, -0.15) is 0 Å². The number of sulfonamides is 1. The molecule has 24 heavy (non-hydrogen) atoms. The number of benzene rings is 1. The lowest BCUT2D eigenvalue weighted by Crippen LogP contribution is -2.32. The molecular weight excluding hydrogens is 443 g/mol. The number of ether oxygens (including phenoxy) is 1. The Bertz CT molecular complexity index is 591. The minimum absolute atomic E-state index is 0. The highest BCUT2D eigenvalue weighted by molar-refractivity contribution is 14.0. The lowest BCUT2D eigenvalue weighted by atomic mass is 10.1. The van der Waals surface area contributed by atoms with Crippen LogP contribution in [-0.2, 0) is 27.1 Å². The van der Waals surface area contributed by atoms with Gasteiger partial charge < -0.3 is 15.8 Å². The van der Waals surface area contributed by atoms with Crippen LogP contribution in [0.15, 0.2) is 29.3 Å². The first-order valence-corrected chi connectivity index (χ1v) is 9.22. The van der Waals surface area contributed by atoms with Crippen LogP contribution in [0, 0.1) is 0 Å². The van der Waals surface area contributed by atoms with Crippen molar-refractivity contribution >= 4 is 40.0 Å². The van der Waals surface area contributed by atoms with Crippen molar-refractivity contribution in [2.45, 2.75) is 25.6 Å². The van der Waals surface area contributed by atoms with Gasteiger partial charge in [0.25, 0.3) is 0 Å². The first-order chi connectivity index (χ1) is 11.0. The summed E-state index contributed by atoms with van der Waals surface area (Å²) in [5.41, 5.74) is 7.48. The Morgan fingerprint density at radius 1 is 1.25 bits per heavy atom. The van der Waals surface area contributed by atoms with E-state index in [2.05, 4.69) is 15.0 Å². The molecule has 0 aliphatic carbocycles. The summed E-state index contributed by atoms with van der Waals surface area (Å²) in [6, 6.07) is 7.27. The molecule has 1 aromatic rings. The molecule has 7 nitrogen and oxygen atoms in total. The van der Waals surface area contributed by atoms with Crippen molar-refractivity contribution in [1.29, 1.82) is 0 Å². The molecule has 1 aromatic carbocycles. The molecule has 0 heterocycles. The monoisotopic (exact) mass is 470 g/mol. The van der Waals surface area contributed by atoms with E-state index >= 15 is 0 Å². The molecule has 0 aliphatic rings. The standard InChI is InChI=1S/C15H26N4O3S.HI/c1-3-22-10-4-9-18-15(16)19-11-13-5-7-14(8-6-13)12-23(20,21)17-2;/h5-8,17H,3-4,9-12H2,1-2H3,(H3,16,18,19);1H. The molecule has 0 radical (unpaired) electrons. The molecule has 0 unspecified atom stereocenters. The Hall–Kier alpha value is -0.910. The molecule has 4 N–H and O–H groups in total. The van der Waals surface area contributed by atoms with Gasteiger partial charge in [-0.3, -0.25) is 0 Å². The molecule has 0 saturated heterocycles. The number of nitrogens with two attached hydrogens (primary N) is 1. The number of halogens is 1. The van der Waals surface area contributed by atoms with E-state index in [1.165, 1.54) is 7.05 Å². The third-order valence-electron chi connectivity index (χ3n) is 3.10. The second-order valence-electron chi connectivity index (χ2n) is 4.96. The molecule has 138 valence electrons. The average molecular weight is 470 g/mol. The summed E-state index contributed by atoms with van der Waals surface area (Å²) >= 11 is 0. The lowest BCUT2D eigenvalue weighted by Gasteiger charge is -2.06. The van der Waals surface area contributed by atoms with Crippen LogP contribution in [0.4, 0.5) is 0 Å². The number of hydrogen-bond acceptors (Lipinski definition) is 4. The summed E-state index contributed by atoms with van der Waals surface area (Å²) in [6.45, 7) is 4.55.